The minimum Gasteiger partial charge on any atom is -0.361 e. The molecule has 0 radical (unpaired) electrons. The molecule has 0 aliphatic heterocycles. The molecule has 4 nitrogen and oxygen atoms in total. The second-order valence-corrected chi connectivity index (χ2v) is 3.37. The molecule has 0 bridgehead atoms. The third kappa shape index (κ3) is 1.88. The van der Waals surface area contributed by atoms with Crippen LogP contribution in [0.25, 0.3) is 17.0 Å². The Labute approximate surface area is 86.4 Å². The summed E-state index contributed by atoms with van der Waals surface area (Å²) in [7, 11) is 0. The van der Waals surface area contributed by atoms with Gasteiger partial charge in [-0.2, -0.15) is 0 Å². The van der Waals surface area contributed by atoms with Crippen LogP contribution in [0.4, 0.5) is 0 Å². The number of fused-ring (bicyclic) bond motifs is 1. The van der Waals surface area contributed by atoms with E-state index in [1.165, 1.54) is 6.92 Å². The van der Waals surface area contributed by atoms with Gasteiger partial charge in [-0.1, -0.05) is 6.07 Å². The Balaban J connectivity index is 2.44. The molecule has 1 N–H and O–H groups in total. The summed E-state index contributed by atoms with van der Waals surface area (Å²) in [5.41, 5.74) is 2.02. The lowest BCUT2D eigenvalue weighted by Gasteiger charge is -1.94. The monoisotopic (exact) mass is 202 g/mol. The molecule has 1 heterocycles. The van der Waals surface area contributed by atoms with Crippen molar-refractivity contribution in [2.45, 2.75) is 6.92 Å². The van der Waals surface area contributed by atoms with Gasteiger partial charge in [-0.25, -0.2) is 0 Å². The quantitative estimate of drug-likeness (QED) is 0.601. The van der Waals surface area contributed by atoms with Crippen LogP contribution >= 0.6 is 0 Å². The van der Waals surface area contributed by atoms with Crippen molar-refractivity contribution in [3.63, 3.8) is 0 Å². The van der Waals surface area contributed by atoms with Gasteiger partial charge >= 0.3 is 0 Å². The fourth-order valence-electron chi connectivity index (χ4n) is 1.46. The van der Waals surface area contributed by atoms with Crippen molar-refractivity contribution in [3.05, 3.63) is 51.8 Å². The molecule has 2 aromatic rings. The van der Waals surface area contributed by atoms with Gasteiger partial charge in [0.15, 0.2) is 0 Å². The molecule has 0 saturated heterocycles. The molecule has 0 fully saturated rings. The summed E-state index contributed by atoms with van der Waals surface area (Å²) in [4.78, 5) is 13.1. The van der Waals surface area contributed by atoms with Crippen LogP contribution in [0, 0.1) is 10.1 Å². The summed E-state index contributed by atoms with van der Waals surface area (Å²) in [6.45, 7) is 1.49. The topological polar surface area (TPSA) is 58.9 Å². The number of benzene rings is 1. The van der Waals surface area contributed by atoms with Crippen LogP contribution in [0.1, 0.15) is 12.5 Å². The van der Waals surface area contributed by atoms with Crippen molar-refractivity contribution in [2.75, 3.05) is 0 Å². The Morgan fingerprint density at radius 1 is 1.47 bits per heavy atom. The van der Waals surface area contributed by atoms with Crippen molar-refractivity contribution in [1.29, 1.82) is 0 Å². The largest absolute Gasteiger partial charge is 0.361 e. The first kappa shape index (κ1) is 9.45. The summed E-state index contributed by atoms with van der Waals surface area (Å²) < 4.78 is 0. The van der Waals surface area contributed by atoms with E-state index < -0.39 is 0 Å². The van der Waals surface area contributed by atoms with E-state index in [4.69, 9.17) is 0 Å². The molecule has 4 heteroatoms. The zero-order valence-corrected chi connectivity index (χ0v) is 8.23. The van der Waals surface area contributed by atoms with Crippen LogP contribution in [0.3, 0.4) is 0 Å². The van der Waals surface area contributed by atoms with Gasteiger partial charge in [0.25, 0.3) is 0 Å². The lowest BCUT2D eigenvalue weighted by Crippen LogP contribution is -1.92. The zero-order valence-electron chi connectivity index (χ0n) is 8.23. The first-order chi connectivity index (χ1) is 7.16. The molecule has 1 aromatic carbocycles. The summed E-state index contributed by atoms with van der Waals surface area (Å²) >= 11 is 0. The Morgan fingerprint density at radius 3 is 3.00 bits per heavy atom. The lowest BCUT2D eigenvalue weighted by atomic mass is 10.1. The lowest BCUT2D eigenvalue weighted by molar-refractivity contribution is -0.422. The highest BCUT2D eigenvalue weighted by molar-refractivity contribution is 5.81. The SMILES string of the molecule is CC(=Cc1ccc2[nH]ccc2c1)[N+](=O)[O-]. The van der Waals surface area contributed by atoms with Crippen LogP contribution in [-0.4, -0.2) is 9.91 Å². The van der Waals surface area contributed by atoms with E-state index in [0.717, 1.165) is 16.5 Å². The van der Waals surface area contributed by atoms with Crippen LogP contribution in [0.5, 0.6) is 0 Å². The van der Waals surface area contributed by atoms with Gasteiger partial charge in [0.2, 0.25) is 5.70 Å². The minimum atomic E-state index is -0.388. The first-order valence-corrected chi connectivity index (χ1v) is 4.56. The predicted molar refractivity (Wildman–Crippen MR) is 58.9 cm³/mol. The Bertz CT molecular complexity index is 540. The van der Waals surface area contributed by atoms with E-state index in [-0.39, 0.29) is 10.6 Å². The van der Waals surface area contributed by atoms with Crippen molar-refractivity contribution in [1.82, 2.24) is 4.98 Å². The minimum absolute atomic E-state index is 0.143. The van der Waals surface area contributed by atoms with Crippen LogP contribution in [0.15, 0.2) is 36.2 Å². The Kier molecular flexibility index (Phi) is 2.25. The number of nitrogens with zero attached hydrogens (tertiary/aromatic N) is 1. The molecule has 0 atom stereocenters. The van der Waals surface area contributed by atoms with Gasteiger partial charge in [-0.05, 0) is 29.1 Å². The van der Waals surface area contributed by atoms with Crippen LogP contribution in [-0.2, 0) is 0 Å². The standard InChI is InChI=1S/C11H10N2O2/c1-8(13(14)15)6-9-2-3-11-10(7-9)4-5-12-11/h2-7,12H,1H3. The fourth-order valence-corrected chi connectivity index (χ4v) is 1.46. The van der Waals surface area contributed by atoms with Crippen molar-refractivity contribution in [3.8, 4) is 0 Å². The Morgan fingerprint density at radius 2 is 2.27 bits per heavy atom. The van der Waals surface area contributed by atoms with Crippen LogP contribution in [0.2, 0.25) is 0 Å². The smallest absolute Gasteiger partial charge is 0.243 e. The fraction of sp³-hybridized carbons (Fsp3) is 0.0909. The molecular formula is C11H10N2O2. The summed E-state index contributed by atoms with van der Waals surface area (Å²) in [6.07, 6.45) is 3.41. The van der Waals surface area contributed by atoms with E-state index in [9.17, 15) is 10.1 Å². The average Bonchev–Trinajstić information content (AvgIpc) is 2.64. The van der Waals surface area contributed by atoms with Gasteiger partial charge in [-0.3, -0.25) is 10.1 Å². The number of allylic oxidation sites excluding steroid dienone is 1. The van der Waals surface area contributed by atoms with Crippen LogP contribution < -0.4 is 0 Å². The summed E-state index contributed by atoms with van der Waals surface area (Å²) in [5.74, 6) is 0. The second-order valence-electron chi connectivity index (χ2n) is 3.37. The number of nitro groups is 1. The molecular weight excluding hydrogens is 192 g/mol. The highest BCUT2D eigenvalue weighted by Gasteiger charge is 2.02. The van der Waals surface area contributed by atoms with Crippen molar-refractivity contribution < 1.29 is 4.92 Å². The van der Waals surface area contributed by atoms with Gasteiger partial charge in [0.1, 0.15) is 0 Å². The number of H-pyrrole nitrogens is 1. The molecule has 76 valence electrons. The molecule has 1 aromatic heterocycles. The van der Waals surface area contributed by atoms with Crippen molar-refractivity contribution >= 4 is 17.0 Å². The summed E-state index contributed by atoms with van der Waals surface area (Å²) in [5, 5.41) is 11.5. The molecule has 0 unspecified atom stereocenters. The average molecular weight is 202 g/mol. The number of nitrogens with one attached hydrogen (secondary N) is 1. The molecule has 0 aliphatic rings. The number of hydrogen-bond donors (Lipinski definition) is 1. The highest BCUT2D eigenvalue weighted by atomic mass is 16.6. The number of rotatable bonds is 2. The van der Waals surface area contributed by atoms with Crippen molar-refractivity contribution in [2.24, 2.45) is 0 Å². The van der Waals surface area contributed by atoms with E-state index in [2.05, 4.69) is 4.98 Å². The summed E-state index contributed by atoms with van der Waals surface area (Å²) in [6, 6.07) is 7.62. The zero-order chi connectivity index (χ0) is 10.8. The van der Waals surface area contributed by atoms with E-state index in [0.29, 0.717) is 0 Å². The van der Waals surface area contributed by atoms with E-state index in [1.54, 1.807) is 6.08 Å². The second kappa shape index (κ2) is 3.57. The molecule has 0 amide bonds. The number of aromatic nitrogens is 1. The predicted octanol–water partition coefficient (Wildman–Crippen LogP) is 2.81. The molecule has 0 spiro atoms. The number of hydrogen-bond acceptors (Lipinski definition) is 2. The third-order valence-corrected chi connectivity index (χ3v) is 2.24. The maximum Gasteiger partial charge on any atom is 0.243 e. The molecule has 0 saturated carbocycles. The highest BCUT2D eigenvalue weighted by Crippen LogP contribution is 2.16. The normalized spacial score (nSPS) is 11.9. The van der Waals surface area contributed by atoms with Gasteiger partial charge < -0.3 is 4.98 Å². The molecule has 0 aliphatic carbocycles. The van der Waals surface area contributed by atoms with Gasteiger partial charge in [0.05, 0.1) is 4.92 Å². The number of aromatic amines is 1. The maximum absolute atomic E-state index is 10.4. The Hall–Kier alpha value is -2.10. The maximum atomic E-state index is 10.4. The van der Waals surface area contributed by atoms with E-state index >= 15 is 0 Å². The molecule has 15 heavy (non-hydrogen) atoms. The first-order valence-electron chi connectivity index (χ1n) is 4.56. The van der Waals surface area contributed by atoms with Gasteiger partial charge in [-0.15, -0.1) is 0 Å². The van der Waals surface area contributed by atoms with Gasteiger partial charge in [0, 0.05) is 24.7 Å². The molecule has 2 rings (SSSR count). The third-order valence-electron chi connectivity index (χ3n) is 2.24. The van der Waals surface area contributed by atoms with E-state index in [1.807, 2.05) is 30.5 Å².